The summed E-state index contributed by atoms with van der Waals surface area (Å²) < 4.78 is 0. The van der Waals surface area contributed by atoms with Crippen LogP contribution < -0.4 is 21.7 Å². The van der Waals surface area contributed by atoms with Gasteiger partial charge >= 0.3 is 5.97 Å². The molecule has 5 unspecified atom stereocenters. The Hall–Kier alpha value is -4.19. The van der Waals surface area contributed by atoms with E-state index >= 15 is 0 Å². The molecule has 0 saturated heterocycles. The molecule has 204 valence electrons. The fourth-order valence-corrected chi connectivity index (χ4v) is 4.07. The van der Waals surface area contributed by atoms with E-state index in [9.17, 15) is 24.3 Å². The van der Waals surface area contributed by atoms with Crippen LogP contribution >= 0.6 is 0 Å². The lowest BCUT2D eigenvalue weighted by Gasteiger charge is -2.27. The molecule has 38 heavy (non-hydrogen) atoms. The summed E-state index contributed by atoms with van der Waals surface area (Å²) in [7, 11) is 0. The quantitative estimate of drug-likeness (QED) is 0.170. The molecule has 12 heteroatoms. The van der Waals surface area contributed by atoms with Gasteiger partial charge in [0, 0.05) is 41.8 Å². The first-order valence-electron chi connectivity index (χ1n) is 12.5. The first-order valence-corrected chi connectivity index (χ1v) is 12.5. The van der Waals surface area contributed by atoms with Crippen LogP contribution in [0.4, 0.5) is 0 Å². The molecule has 3 amide bonds. The largest absolute Gasteiger partial charge is 0.480 e. The standard InChI is InChI=1S/C26H35N7O5/c1-4-14(2)22(33-23(34)15(3)31-24(35)19(27)10-17-12-28-13-30-17)25(36)32-21(26(37)38)9-16-11-29-20-8-6-5-7-18(16)20/h5-8,11-15,19,21-22,29H,4,9-10,27H2,1-3H3,(H,28,30)(H,31,35)(H,32,36)(H,33,34)(H,37,38). The highest BCUT2D eigenvalue weighted by Crippen LogP contribution is 2.19. The first kappa shape index (κ1) is 28.4. The molecule has 0 aliphatic rings. The molecule has 0 aliphatic carbocycles. The lowest BCUT2D eigenvalue weighted by Crippen LogP contribution is -2.58. The monoisotopic (exact) mass is 525 g/mol. The Labute approximate surface area is 220 Å². The molecule has 8 N–H and O–H groups in total. The van der Waals surface area contributed by atoms with Gasteiger partial charge in [-0.05, 0) is 24.5 Å². The molecule has 5 atom stereocenters. The summed E-state index contributed by atoms with van der Waals surface area (Å²) in [6, 6.07) is 3.39. The number of carboxylic acid groups (broad SMARTS) is 1. The third-order valence-electron chi connectivity index (χ3n) is 6.59. The van der Waals surface area contributed by atoms with E-state index in [0.29, 0.717) is 12.1 Å². The van der Waals surface area contributed by atoms with Gasteiger partial charge in [-0.1, -0.05) is 38.5 Å². The van der Waals surface area contributed by atoms with Crippen molar-refractivity contribution in [2.45, 2.75) is 64.2 Å². The van der Waals surface area contributed by atoms with Crippen LogP contribution in [0.15, 0.2) is 43.0 Å². The molecule has 0 fully saturated rings. The maximum Gasteiger partial charge on any atom is 0.326 e. The summed E-state index contributed by atoms with van der Waals surface area (Å²) in [4.78, 5) is 60.4. The molecule has 0 bridgehead atoms. The molecule has 3 rings (SSSR count). The van der Waals surface area contributed by atoms with Crippen molar-refractivity contribution in [3.63, 3.8) is 0 Å². The van der Waals surface area contributed by atoms with Crippen LogP contribution in [0.5, 0.6) is 0 Å². The van der Waals surface area contributed by atoms with E-state index < -0.39 is 47.9 Å². The van der Waals surface area contributed by atoms with E-state index in [4.69, 9.17) is 5.73 Å². The number of benzene rings is 1. The summed E-state index contributed by atoms with van der Waals surface area (Å²) in [6.45, 7) is 5.12. The lowest BCUT2D eigenvalue weighted by molar-refractivity contribution is -0.142. The Morgan fingerprint density at radius 1 is 1.00 bits per heavy atom. The fraction of sp³-hybridized carbons (Fsp3) is 0.423. The van der Waals surface area contributed by atoms with Crippen molar-refractivity contribution in [3.05, 3.63) is 54.2 Å². The van der Waals surface area contributed by atoms with Crippen molar-refractivity contribution in [2.24, 2.45) is 11.7 Å². The number of carbonyl (C=O) groups excluding carboxylic acids is 3. The number of nitrogens with one attached hydrogen (secondary N) is 5. The first-order chi connectivity index (χ1) is 18.1. The Morgan fingerprint density at radius 2 is 1.74 bits per heavy atom. The van der Waals surface area contributed by atoms with Crippen LogP contribution in [0.1, 0.15) is 38.4 Å². The van der Waals surface area contributed by atoms with Gasteiger partial charge in [-0.3, -0.25) is 14.4 Å². The second-order valence-electron chi connectivity index (χ2n) is 9.45. The Kier molecular flexibility index (Phi) is 9.61. The molecule has 0 aliphatic heterocycles. The van der Waals surface area contributed by atoms with E-state index in [0.717, 1.165) is 16.5 Å². The van der Waals surface area contributed by atoms with E-state index in [1.165, 1.54) is 13.3 Å². The maximum absolute atomic E-state index is 13.2. The SMILES string of the molecule is CCC(C)C(NC(=O)C(C)NC(=O)C(N)Cc1cnc[nH]1)C(=O)NC(Cc1c[nH]c2ccccc12)C(=O)O. The Bertz CT molecular complexity index is 1260. The van der Waals surface area contributed by atoms with Gasteiger partial charge < -0.3 is 36.8 Å². The number of hydrogen-bond donors (Lipinski definition) is 7. The van der Waals surface area contributed by atoms with Crippen molar-refractivity contribution < 1.29 is 24.3 Å². The molecule has 3 aromatic rings. The zero-order chi connectivity index (χ0) is 27.8. The van der Waals surface area contributed by atoms with Crippen LogP contribution in [0.25, 0.3) is 10.9 Å². The average molecular weight is 526 g/mol. The van der Waals surface area contributed by atoms with Crippen LogP contribution in [0.3, 0.4) is 0 Å². The predicted octanol–water partition coefficient (Wildman–Crippen LogP) is 0.609. The van der Waals surface area contributed by atoms with Crippen LogP contribution in [0, 0.1) is 5.92 Å². The van der Waals surface area contributed by atoms with Gasteiger partial charge in [0.2, 0.25) is 17.7 Å². The number of nitrogens with two attached hydrogens (primary N) is 1. The van der Waals surface area contributed by atoms with Gasteiger partial charge in [0.15, 0.2) is 0 Å². The van der Waals surface area contributed by atoms with Gasteiger partial charge in [0.05, 0.1) is 12.4 Å². The number of hydrogen-bond acceptors (Lipinski definition) is 6. The van der Waals surface area contributed by atoms with Crippen molar-refractivity contribution in [1.29, 1.82) is 0 Å². The summed E-state index contributed by atoms with van der Waals surface area (Å²) in [5, 5.41) is 18.5. The highest BCUT2D eigenvalue weighted by Gasteiger charge is 2.32. The topological polar surface area (TPSA) is 195 Å². The van der Waals surface area contributed by atoms with Gasteiger partial charge in [0.1, 0.15) is 18.1 Å². The van der Waals surface area contributed by atoms with Crippen LogP contribution in [-0.4, -0.2) is 67.9 Å². The number of carbonyl (C=O) groups is 4. The van der Waals surface area contributed by atoms with Crippen molar-refractivity contribution >= 4 is 34.6 Å². The third kappa shape index (κ3) is 7.19. The molecule has 2 heterocycles. The number of imidazole rings is 1. The normalized spacial score (nSPS) is 15.2. The minimum absolute atomic E-state index is 0.0624. The molecular formula is C26H35N7O5. The van der Waals surface area contributed by atoms with Crippen LogP contribution in [0.2, 0.25) is 0 Å². The van der Waals surface area contributed by atoms with E-state index in [1.54, 1.807) is 19.3 Å². The molecule has 0 radical (unpaired) electrons. The number of nitrogens with zero attached hydrogens (tertiary/aromatic N) is 1. The summed E-state index contributed by atoms with van der Waals surface area (Å²) >= 11 is 0. The molecule has 0 spiro atoms. The van der Waals surface area contributed by atoms with Gasteiger partial charge in [-0.2, -0.15) is 0 Å². The summed E-state index contributed by atoms with van der Waals surface area (Å²) in [6.07, 6.45) is 5.58. The molecule has 0 saturated carbocycles. The fourth-order valence-electron chi connectivity index (χ4n) is 4.07. The predicted molar refractivity (Wildman–Crippen MR) is 141 cm³/mol. The number of aliphatic carboxylic acids is 1. The van der Waals surface area contributed by atoms with Crippen molar-refractivity contribution in [3.8, 4) is 0 Å². The van der Waals surface area contributed by atoms with E-state index in [2.05, 4.69) is 30.9 Å². The minimum Gasteiger partial charge on any atom is -0.480 e. The highest BCUT2D eigenvalue weighted by molar-refractivity contribution is 5.94. The summed E-state index contributed by atoms with van der Waals surface area (Å²) in [5.41, 5.74) is 8.23. The smallest absolute Gasteiger partial charge is 0.326 e. The van der Waals surface area contributed by atoms with Gasteiger partial charge in [0.25, 0.3) is 0 Å². The second-order valence-corrected chi connectivity index (χ2v) is 9.45. The van der Waals surface area contributed by atoms with Crippen LogP contribution in [-0.2, 0) is 32.0 Å². The van der Waals surface area contributed by atoms with Crippen molar-refractivity contribution in [1.82, 2.24) is 30.9 Å². The number of carboxylic acids is 1. The molecule has 12 nitrogen and oxygen atoms in total. The number of H-pyrrole nitrogens is 2. The zero-order valence-electron chi connectivity index (χ0n) is 21.7. The lowest BCUT2D eigenvalue weighted by atomic mass is 9.97. The number of aromatic amines is 2. The summed E-state index contributed by atoms with van der Waals surface area (Å²) in [5.74, 6) is -3.22. The number of fused-ring (bicyclic) bond motifs is 1. The average Bonchev–Trinajstić information content (AvgIpc) is 3.56. The minimum atomic E-state index is -1.21. The Morgan fingerprint density at radius 3 is 2.39 bits per heavy atom. The van der Waals surface area contributed by atoms with E-state index in [1.807, 2.05) is 31.2 Å². The van der Waals surface area contributed by atoms with E-state index in [-0.39, 0.29) is 18.8 Å². The molecular weight excluding hydrogens is 490 g/mol. The molecule has 1 aromatic carbocycles. The number of rotatable bonds is 13. The van der Waals surface area contributed by atoms with Crippen molar-refractivity contribution in [2.75, 3.05) is 0 Å². The second kappa shape index (κ2) is 12.9. The molecule has 2 aromatic heterocycles. The number of aromatic nitrogens is 3. The number of para-hydroxylation sites is 1. The maximum atomic E-state index is 13.2. The Balaban J connectivity index is 1.64. The highest BCUT2D eigenvalue weighted by atomic mass is 16.4. The third-order valence-corrected chi connectivity index (χ3v) is 6.59. The van der Waals surface area contributed by atoms with Gasteiger partial charge in [-0.25, -0.2) is 9.78 Å². The number of amides is 3. The zero-order valence-corrected chi connectivity index (χ0v) is 21.7. The van der Waals surface area contributed by atoms with Gasteiger partial charge in [-0.15, -0.1) is 0 Å².